The van der Waals surface area contributed by atoms with Crippen molar-refractivity contribution in [1.29, 1.82) is 0 Å². The van der Waals surface area contributed by atoms with Gasteiger partial charge in [-0.15, -0.1) is 0 Å². The van der Waals surface area contributed by atoms with Crippen LogP contribution in [-0.2, 0) is 11.3 Å². The molecular weight excluding hydrogens is 436 g/mol. The van der Waals surface area contributed by atoms with Gasteiger partial charge in [0, 0.05) is 11.6 Å². The Morgan fingerprint density at radius 1 is 1.28 bits per heavy atom. The molecule has 3 rings (SSSR count). The van der Waals surface area contributed by atoms with E-state index in [1.165, 1.54) is 26.5 Å². The molecule has 0 bridgehead atoms. The van der Waals surface area contributed by atoms with E-state index in [-0.39, 0.29) is 23.8 Å². The quantitative estimate of drug-likeness (QED) is 0.220. The van der Waals surface area contributed by atoms with Crippen molar-refractivity contribution in [2.24, 2.45) is 5.10 Å². The highest BCUT2D eigenvalue weighted by Crippen LogP contribution is 2.38. The molecule has 1 N–H and O–H groups in total. The summed E-state index contributed by atoms with van der Waals surface area (Å²) in [5.74, 6) is -0.247. The van der Waals surface area contributed by atoms with Gasteiger partial charge in [-0.05, 0) is 18.6 Å². The lowest BCUT2D eigenvalue weighted by Crippen LogP contribution is -2.03. The van der Waals surface area contributed by atoms with E-state index in [4.69, 9.17) is 14.2 Å². The Balaban J connectivity index is 1.80. The van der Waals surface area contributed by atoms with E-state index >= 15 is 0 Å². The third-order valence-corrected chi connectivity index (χ3v) is 5.28. The van der Waals surface area contributed by atoms with Gasteiger partial charge >= 0.3 is 11.7 Å². The van der Waals surface area contributed by atoms with Gasteiger partial charge in [0.15, 0.2) is 5.75 Å². The number of anilines is 1. The maximum absolute atomic E-state index is 11.7. The first kappa shape index (κ1) is 22.7. The summed E-state index contributed by atoms with van der Waals surface area (Å²) >= 11 is 1.09. The maximum Gasteiger partial charge on any atom is 0.350 e. The third kappa shape index (κ3) is 5.38. The van der Waals surface area contributed by atoms with Crippen molar-refractivity contribution in [3.8, 4) is 11.5 Å². The third-order valence-electron chi connectivity index (χ3n) is 4.24. The molecule has 0 aliphatic heterocycles. The number of hydrazone groups is 1. The van der Waals surface area contributed by atoms with Crippen LogP contribution in [0.15, 0.2) is 47.6 Å². The average Bonchev–Trinajstić information content (AvgIpc) is 3.17. The summed E-state index contributed by atoms with van der Waals surface area (Å²) < 4.78 is 15.7. The van der Waals surface area contributed by atoms with Crippen LogP contribution >= 0.6 is 11.3 Å². The lowest BCUT2D eigenvalue weighted by Gasteiger charge is -2.12. The summed E-state index contributed by atoms with van der Waals surface area (Å²) in [6.07, 6.45) is 1.38. The molecule has 2 aromatic carbocycles. The van der Waals surface area contributed by atoms with Crippen LogP contribution in [0.4, 0.5) is 10.8 Å². The number of nitrogens with one attached hydrogen (secondary N) is 1. The maximum atomic E-state index is 11.7. The molecule has 0 saturated carbocycles. The Kier molecular flexibility index (Phi) is 7.34. The minimum absolute atomic E-state index is 0.0322. The van der Waals surface area contributed by atoms with Crippen molar-refractivity contribution in [3.63, 3.8) is 0 Å². The van der Waals surface area contributed by atoms with Gasteiger partial charge in [0.25, 0.3) is 0 Å². The predicted molar refractivity (Wildman–Crippen MR) is 120 cm³/mol. The molecule has 11 heteroatoms. The number of thiazole rings is 1. The Morgan fingerprint density at radius 2 is 2.03 bits per heavy atom. The van der Waals surface area contributed by atoms with Gasteiger partial charge in [0.05, 0.1) is 31.1 Å². The molecule has 0 amide bonds. The molecular formula is C21H20N4O6S. The fourth-order valence-electron chi connectivity index (χ4n) is 2.73. The molecule has 32 heavy (non-hydrogen) atoms. The first-order chi connectivity index (χ1) is 15.4. The Hall–Kier alpha value is -3.99. The number of rotatable bonds is 9. The first-order valence-corrected chi connectivity index (χ1v) is 10.1. The van der Waals surface area contributed by atoms with E-state index in [0.29, 0.717) is 21.3 Å². The molecule has 0 saturated heterocycles. The molecule has 0 spiro atoms. The number of nitro groups is 1. The molecule has 0 aliphatic carbocycles. The number of nitro benzene ring substituents is 1. The number of nitrogens with zero attached hydrogens (tertiary/aromatic N) is 3. The molecule has 0 fully saturated rings. The summed E-state index contributed by atoms with van der Waals surface area (Å²) in [4.78, 5) is 27.3. The number of esters is 1. The van der Waals surface area contributed by atoms with E-state index < -0.39 is 10.9 Å². The Bertz CT molecular complexity index is 1150. The number of methoxy groups -OCH3 is 2. The second-order valence-electron chi connectivity index (χ2n) is 6.40. The summed E-state index contributed by atoms with van der Waals surface area (Å²) in [5, 5.41) is 16.1. The summed E-state index contributed by atoms with van der Waals surface area (Å²) in [5.41, 5.74) is 4.24. The zero-order valence-electron chi connectivity index (χ0n) is 17.5. The highest BCUT2D eigenvalue weighted by molar-refractivity contribution is 7.17. The number of aromatic nitrogens is 1. The van der Waals surface area contributed by atoms with Crippen LogP contribution in [0.25, 0.3) is 0 Å². The summed E-state index contributed by atoms with van der Waals surface area (Å²) in [6.45, 7) is 1.83. The van der Waals surface area contributed by atoms with Crippen molar-refractivity contribution >= 4 is 34.3 Å². The summed E-state index contributed by atoms with van der Waals surface area (Å²) in [6, 6.07) is 12.2. The van der Waals surface area contributed by atoms with Crippen LogP contribution < -0.4 is 14.9 Å². The van der Waals surface area contributed by atoms with Crippen molar-refractivity contribution in [2.75, 3.05) is 19.6 Å². The molecule has 0 radical (unpaired) electrons. The minimum atomic E-state index is -0.541. The first-order valence-electron chi connectivity index (χ1n) is 9.31. The predicted octanol–water partition coefficient (Wildman–Crippen LogP) is 4.18. The van der Waals surface area contributed by atoms with Crippen molar-refractivity contribution in [1.82, 2.24) is 4.98 Å². The molecule has 166 valence electrons. The average molecular weight is 456 g/mol. The monoisotopic (exact) mass is 456 g/mol. The van der Waals surface area contributed by atoms with Gasteiger partial charge in [-0.25, -0.2) is 9.78 Å². The number of ether oxygens (including phenoxy) is 3. The fourth-order valence-corrected chi connectivity index (χ4v) is 3.57. The number of carbonyl (C=O) groups is 1. The standard InChI is InChI=1S/C21H20N4O6S/c1-13-19(20(26)30-3)32-21(23-13)24-22-11-15-9-16(25(27)28)18(17(10-15)29-2)31-12-14-7-5-4-6-8-14/h4-11H,12H2,1-3H3,(H,23,24)/b22-11-. The van der Waals surface area contributed by atoms with Gasteiger partial charge < -0.3 is 14.2 Å². The zero-order chi connectivity index (χ0) is 23.1. The van der Waals surface area contributed by atoms with E-state index in [1.807, 2.05) is 30.3 Å². The topological polar surface area (TPSA) is 125 Å². The van der Waals surface area contributed by atoms with Gasteiger partial charge in [-0.1, -0.05) is 41.7 Å². The van der Waals surface area contributed by atoms with E-state index in [2.05, 4.69) is 15.5 Å². The Labute approximate surface area is 187 Å². The largest absolute Gasteiger partial charge is 0.493 e. The summed E-state index contributed by atoms with van der Waals surface area (Å²) in [7, 11) is 2.70. The normalized spacial score (nSPS) is 10.7. The smallest absolute Gasteiger partial charge is 0.350 e. The van der Waals surface area contributed by atoms with Crippen LogP contribution in [0.2, 0.25) is 0 Å². The molecule has 3 aromatic rings. The number of hydrogen-bond donors (Lipinski definition) is 1. The van der Waals surface area contributed by atoms with Crippen LogP contribution in [-0.4, -0.2) is 36.3 Å². The van der Waals surface area contributed by atoms with Crippen LogP contribution in [0.1, 0.15) is 26.5 Å². The number of hydrogen-bond acceptors (Lipinski definition) is 10. The molecule has 1 aromatic heterocycles. The van der Waals surface area contributed by atoms with Crippen LogP contribution in [0, 0.1) is 17.0 Å². The van der Waals surface area contributed by atoms with E-state index in [1.54, 1.807) is 13.0 Å². The highest BCUT2D eigenvalue weighted by atomic mass is 32.1. The second kappa shape index (κ2) is 10.4. The van der Waals surface area contributed by atoms with Gasteiger partial charge in [0.2, 0.25) is 10.9 Å². The van der Waals surface area contributed by atoms with E-state index in [9.17, 15) is 14.9 Å². The van der Waals surface area contributed by atoms with Crippen LogP contribution in [0.5, 0.6) is 11.5 Å². The number of carbonyl (C=O) groups excluding carboxylic acids is 1. The lowest BCUT2D eigenvalue weighted by molar-refractivity contribution is -0.386. The van der Waals surface area contributed by atoms with Crippen molar-refractivity contribution in [3.05, 3.63) is 74.3 Å². The zero-order valence-corrected chi connectivity index (χ0v) is 18.3. The fraction of sp³-hybridized carbons (Fsp3) is 0.190. The van der Waals surface area contributed by atoms with Crippen molar-refractivity contribution in [2.45, 2.75) is 13.5 Å². The number of benzene rings is 2. The van der Waals surface area contributed by atoms with Crippen LogP contribution in [0.3, 0.4) is 0 Å². The van der Waals surface area contributed by atoms with Crippen molar-refractivity contribution < 1.29 is 23.9 Å². The minimum Gasteiger partial charge on any atom is -0.493 e. The molecule has 0 atom stereocenters. The number of aryl methyl sites for hydroxylation is 1. The van der Waals surface area contributed by atoms with Gasteiger partial charge in [-0.3, -0.25) is 15.5 Å². The molecule has 1 heterocycles. The Morgan fingerprint density at radius 3 is 2.69 bits per heavy atom. The van der Waals surface area contributed by atoms with E-state index in [0.717, 1.165) is 16.9 Å². The second-order valence-corrected chi connectivity index (χ2v) is 7.40. The SMILES string of the molecule is COC(=O)c1sc(N/N=C\c2cc(OC)c(OCc3ccccc3)c([N+](=O)[O-])c2)nc1C. The van der Waals surface area contributed by atoms with Gasteiger partial charge in [0.1, 0.15) is 11.5 Å². The van der Waals surface area contributed by atoms with Gasteiger partial charge in [-0.2, -0.15) is 5.10 Å². The highest BCUT2D eigenvalue weighted by Gasteiger charge is 2.22. The molecule has 0 unspecified atom stereocenters. The lowest BCUT2D eigenvalue weighted by atomic mass is 10.1. The molecule has 0 aliphatic rings. The molecule has 10 nitrogen and oxygen atoms in total.